The lowest BCUT2D eigenvalue weighted by Gasteiger charge is -2.09. The second kappa shape index (κ2) is 14.5. The highest BCUT2D eigenvalue weighted by atomic mass is 19.1. The predicted molar refractivity (Wildman–Crippen MR) is 162 cm³/mol. The zero-order valence-electron chi connectivity index (χ0n) is 23.2. The number of hydrogen-bond donors (Lipinski definition) is 0. The molecule has 0 aromatic heterocycles. The van der Waals surface area contributed by atoms with Crippen molar-refractivity contribution in [3.05, 3.63) is 107 Å². The number of aryl methyl sites for hydroxylation is 2. The van der Waals surface area contributed by atoms with E-state index in [9.17, 15) is 0 Å². The van der Waals surface area contributed by atoms with E-state index in [1.807, 2.05) is 30.3 Å². The van der Waals surface area contributed by atoms with Crippen molar-refractivity contribution in [1.82, 2.24) is 0 Å². The molecule has 38 heavy (non-hydrogen) atoms. The Balaban J connectivity index is 1.41. The SMILES string of the molecule is CCCCCCCc1ccc(C#Cc2ccc3c(F)c(-c4ccc(CCCCCC)cc4)ccc3c2)cc1. The second-order valence-electron chi connectivity index (χ2n) is 10.5. The Morgan fingerprint density at radius 3 is 1.76 bits per heavy atom. The third-order valence-electron chi connectivity index (χ3n) is 7.41. The molecule has 0 spiro atoms. The number of fused-ring (bicyclic) bond motifs is 1. The third kappa shape index (κ3) is 7.82. The van der Waals surface area contributed by atoms with E-state index < -0.39 is 0 Å². The Labute approximate surface area is 229 Å². The van der Waals surface area contributed by atoms with Crippen LogP contribution in [0.25, 0.3) is 21.9 Å². The molecule has 0 N–H and O–H groups in total. The first-order valence-corrected chi connectivity index (χ1v) is 14.6. The molecule has 196 valence electrons. The van der Waals surface area contributed by atoms with E-state index in [0.29, 0.717) is 10.9 Å². The maximum absolute atomic E-state index is 15.5. The molecule has 0 nitrogen and oxygen atoms in total. The summed E-state index contributed by atoms with van der Waals surface area (Å²) in [5.41, 5.74) is 6.19. The molecule has 0 unspecified atom stereocenters. The zero-order chi connectivity index (χ0) is 26.6. The maximum atomic E-state index is 15.5. The molecule has 4 rings (SSSR count). The molecule has 0 aliphatic carbocycles. The fourth-order valence-corrected chi connectivity index (χ4v) is 5.03. The van der Waals surface area contributed by atoms with Gasteiger partial charge in [-0.25, -0.2) is 4.39 Å². The summed E-state index contributed by atoms with van der Waals surface area (Å²) in [6.45, 7) is 4.49. The van der Waals surface area contributed by atoms with Crippen LogP contribution in [0.15, 0.2) is 78.9 Å². The Bertz CT molecular complexity index is 1350. The van der Waals surface area contributed by atoms with Crippen molar-refractivity contribution >= 4 is 10.8 Å². The lowest BCUT2D eigenvalue weighted by molar-refractivity contribution is 0.632. The van der Waals surface area contributed by atoms with Crippen LogP contribution in [0.3, 0.4) is 0 Å². The predicted octanol–water partition coefficient (Wildman–Crippen LogP) is 10.7. The van der Waals surface area contributed by atoms with Crippen LogP contribution in [0.4, 0.5) is 4.39 Å². The zero-order valence-corrected chi connectivity index (χ0v) is 23.2. The molecule has 0 amide bonds. The standard InChI is InChI=1S/C37H41F/c1-3-5-7-9-11-13-29-14-16-31(17-15-29)18-19-32-22-26-36-34(28-32)25-27-35(37(36)38)33-23-20-30(21-24-33)12-10-8-6-4-2/h14-17,20-28H,3-13H2,1-2H3. The van der Waals surface area contributed by atoms with E-state index >= 15 is 4.39 Å². The van der Waals surface area contributed by atoms with Crippen LogP contribution in [0.2, 0.25) is 0 Å². The first-order chi connectivity index (χ1) is 18.7. The van der Waals surface area contributed by atoms with Gasteiger partial charge in [0.25, 0.3) is 0 Å². The molecular weight excluding hydrogens is 463 g/mol. The molecule has 0 aliphatic heterocycles. The Morgan fingerprint density at radius 1 is 0.553 bits per heavy atom. The van der Waals surface area contributed by atoms with E-state index in [1.54, 1.807) is 0 Å². The van der Waals surface area contributed by atoms with Crippen molar-refractivity contribution in [2.45, 2.75) is 84.5 Å². The van der Waals surface area contributed by atoms with Gasteiger partial charge in [-0.2, -0.15) is 0 Å². The minimum absolute atomic E-state index is 0.164. The van der Waals surface area contributed by atoms with Crippen LogP contribution in [-0.2, 0) is 12.8 Å². The molecule has 1 heteroatoms. The van der Waals surface area contributed by atoms with Crippen molar-refractivity contribution in [3.63, 3.8) is 0 Å². The molecule has 0 radical (unpaired) electrons. The molecule has 0 aliphatic rings. The van der Waals surface area contributed by atoms with Gasteiger partial charge in [0, 0.05) is 22.1 Å². The van der Waals surface area contributed by atoms with Crippen LogP contribution in [-0.4, -0.2) is 0 Å². The molecule has 4 aromatic carbocycles. The number of rotatable bonds is 12. The van der Waals surface area contributed by atoms with Gasteiger partial charge in [-0.1, -0.05) is 125 Å². The summed E-state index contributed by atoms with van der Waals surface area (Å²) >= 11 is 0. The van der Waals surface area contributed by atoms with E-state index in [2.05, 4.69) is 74.2 Å². The fourth-order valence-electron chi connectivity index (χ4n) is 5.03. The Kier molecular flexibility index (Phi) is 10.6. The average Bonchev–Trinajstić information content (AvgIpc) is 2.95. The van der Waals surface area contributed by atoms with Crippen molar-refractivity contribution in [3.8, 4) is 23.0 Å². The highest BCUT2D eigenvalue weighted by molar-refractivity contribution is 5.89. The summed E-state index contributed by atoms with van der Waals surface area (Å²) in [6, 6.07) is 26.7. The second-order valence-corrected chi connectivity index (χ2v) is 10.5. The highest BCUT2D eigenvalue weighted by Gasteiger charge is 2.10. The molecule has 0 bridgehead atoms. The molecule has 0 atom stereocenters. The van der Waals surface area contributed by atoms with Gasteiger partial charge in [0.15, 0.2) is 0 Å². The average molecular weight is 505 g/mol. The molecule has 4 aromatic rings. The summed E-state index contributed by atoms with van der Waals surface area (Å²) in [6.07, 6.45) is 13.8. The fraction of sp³-hybridized carbons (Fsp3) is 0.351. The summed E-state index contributed by atoms with van der Waals surface area (Å²) in [7, 11) is 0. The van der Waals surface area contributed by atoms with Gasteiger partial charge in [0.05, 0.1) is 0 Å². The van der Waals surface area contributed by atoms with Gasteiger partial charge in [-0.3, -0.25) is 0 Å². The Morgan fingerprint density at radius 2 is 1.11 bits per heavy atom. The van der Waals surface area contributed by atoms with Crippen molar-refractivity contribution in [2.75, 3.05) is 0 Å². The van der Waals surface area contributed by atoms with Crippen LogP contribution in [0.1, 0.15) is 93.9 Å². The van der Waals surface area contributed by atoms with Gasteiger partial charge >= 0.3 is 0 Å². The maximum Gasteiger partial charge on any atom is 0.138 e. The van der Waals surface area contributed by atoms with Crippen molar-refractivity contribution < 1.29 is 4.39 Å². The normalized spacial score (nSPS) is 10.9. The van der Waals surface area contributed by atoms with Gasteiger partial charge < -0.3 is 0 Å². The van der Waals surface area contributed by atoms with Crippen LogP contribution in [0, 0.1) is 17.7 Å². The van der Waals surface area contributed by atoms with E-state index in [0.717, 1.165) is 34.9 Å². The van der Waals surface area contributed by atoms with Crippen molar-refractivity contribution in [2.24, 2.45) is 0 Å². The summed E-state index contributed by atoms with van der Waals surface area (Å²) < 4.78 is 15.5. The van der Waals surface area contributed by atoms with E-state index in [1.165, 1.54) is 68.9 Å². The highest BCUT2D eigenvalue weighted by Crippen LogP contribution is 2.30. The third-order valence-corrected chi connectivity index (χ3v) is 7.41. The van der Waals surface area contributed by atoms with Crippen LogP contribution < -0.4 is 0 Å². The Hall–Kier alpha value is -3.37. The molecule has 0 saturated carbocycles. The lowest BCUT2D eigenvalue weighted by atomic mass is 9.97. The van der Waals surface area contributed by atoms with Gasteiger partial charge in [-0.05, 0) is 72.0 Å². The number of benzene rings is 4. The minimum Gasteiger partial charge on any atom is -0.206 e. The van der Waals surface area contributed by atoms with Crippen LogP contribution in [0.5, 0.6) is 0 Å². The lowest BCUT2D eigenvalue weighted by Crippen LogP contribution is -1.90. The largest absolute Gasteiger partial charge is 0.206 e. The smallest absolute Gasteiger partial charge is 0.138 e. The van der Waals surface area contributed by atoms with Gasteiger partial charge in [-0.15, -0.1) is 0 Å². The number of hydrogen-bond acceptors (Lipinski definition) is 0. The summed E-state index contributed by atoms with van der Waals surface area (Å²) in [5, 5.41) is 1.52. The van der Waals surface area contributed by atoms with E-state index in [-0.39, 0.29) is 5.82 Å². The molecule has 0 heterocycles. The molecule has 0 fully saturated rings. The first-order valence-electron chi connectivity index (χ1n) is 14.6. The monoisotopic (exact) mass is 504 g/mol. The van der Waals surface area contributed by atoms with Crippen molar-refractivity contribution in [1.29, 1.82) is 0 Å². The van der Waals surface area contributed by atoms with E-state index in [4.69, 9.17) is 0 Å². The molecular formula is C37H41F. The van der Waals surface area contributed by atoms with Gasteiger partial charge in [0.2, 0.25) is 0 Å². The minimum atomic E-state index is -0.164. The molecule has 0 saturated heterocycles. The quantitative estimate of drug-likeness (QED) is 0.133. The van der Waals surface area contributed by atoms with Crippen LogP contribution >= 0.6 is 0 Å². The first kappa shape index (κ1) is 27.7. The van der Waals surface area contributed by atoms with Gasteiger partial charge in [0.1, 0.15) is 5.82 Å². The topological polar surface area (TPSA) is 0 Å². The summed E-state index contributed by atoms with van der Waals surface area (Å²) in [4.78, 5) is 0. The number of unbranched alkanes of at least 4 members (excludes halogenated alkanes) is 7. The summed E-state index contributed by atoms with van der Waals surface area (Å²) in [5.74, 6) is 6.37. The number of halogens is 1.